The van der Waals surface area contributed by atoms with Crippen LogP contribution in [0.15, 0.2) is 18.2 Å². The fourth-order valence-corrected chi connectivity index (χ4v) is 2.88. The van der Waals surface area contributed by atoms with E-state index in [1.54, 1.807) is 11.3 Å². The van der Waals surface area contributed by atoms with Crippen LogP contribution in [0.3, 0.4) is 0 Å². The van der Waals surface area contributed by atoms with Gasteiger partial charge in [-0.05, 0) is 42.9 Å². The molecule has 1 aromatic carbocycles. The van der Waals surface area contributed by atoms with E-state index in [2.05, 4.69) is 50.9 Å². The number of fused-ring (bicyclic) bond motifs is 1. The van der Waals surface area contributed by atoms with Crippen LogP contribution in [-0.4, -0.2) is 4.98 Å². The van der Waals surface area contributed by atoms with Crippen LogP contribution in [0.4, 0.5) is 0 Å². The zero-order valence-corrected chi connectivity index (χ0v) is 11.3. The molecule has 2 rings (SSSR count). The van der Waals surface area contributed by atoms with Crippen LogP contribution in [0.1, 0.15) is 44.2 Å². The second kappa shape index (κ2) is 4.17. The molecule has 0 aliphatic heterocycles. The molecular weight excluding hydrogens is 214 g/mol. The van der Waals surface area contributed by atoms with Gasteiger partial charge in [0.15, 0.2) is 0 Å². The Bertz CT molecular complexity index is 494. The maximum Gasteiger partial charge on any atom is 0.0907 e. The van der Waals surface area contributed by atoms with Crippen molar-refractivity contribution in [1.82, 2.24) is 4.98 Å². The molecule has 0 saturated heterocycles. The average molecular weight is 233 g/mol. The topological polar surface area (TPSA) is 12.9 Å². The minimum Gasteiger partial charge on any atom is -0.242 e. The number of nitrogens with zero attached hydrogens (tertiary/aromatic N) is 1. The Balaban J connectivity index is 2.53. The van der Waals surface area contributed by atoms with Gasteiger partial charge in [-0.3, -0.25) is 0 Å². The Morgan fingerprint density at radius 1 is 1.25 bits per heavy atom. The van der Waals surface area contributed by atoms with Gasteiger partial charge < -0.3 is 0 Å². The number of aromatic nitrogens is 1. The van der Waals surface area contributed by atoms with Gasteiger partial charge in [0.05, 0.1) is 15.2 Å². The summed E-state index contributed by atoms with van der Waals surface area (Å²) in [4.78, 5) is 4.57. The first-order valence-electron chi connectivity index (χ1n) is 5.96. The molecule has 0 radical (unpaired) electrons. The second-order valence-electron chi connectivity index (χ2n) is 4.68. The summed E-state index contributed by atoms with van der Waals surface area (Å²) in [5.41, 5.74) is 2.88. The Kier molecular flexibility index (Phi) is 3.02. The van der Waals surface area contributed by atoms with Crippen molar-refractivity contribution in [3.63, 3.8) is 0 Å². The maximum absolute atomic E-state index is 4.57. The summed E-state index contributed by atoms with van der Waals surface area (Å²) in [5, 5.41) is 1.15. The zero-order valence-electron chi connectivity index (χ0n) is 10.5. The number of benzene rings is 1. The molecule has 0 atom stereocenters. The molecule has 0 amide bonds. The van der Waals surface area contributed by atoms with E-state index >= 15 is 0 Å². The van der Waals surface area contributed by atoms with Gasteiger partial charge in [-0.15, -0.1) is 11.3 Å². The van der Waals surface area contributed by atoms with Gasteiger partial charge in [-0.25, -0.2) is 4.98 Å². The van der Waals surface area contributed by atoms with Crippen molar-refractivity contribution in [3.8, 4) is 0 Å². The molecule has 0 saturated carbocycles. The van der Waals surface area contributed by atoms with Crippen LogP contribution in [-0.2, 0) is 5.41 Å². The van der Waals surface area contributed by atoms with Gasteiger partial charge >= 0.3 is 0 Å². The highest BCUT2D eigenvalue weighted by molar-refractivity contribution is 7.18. The highest BCUT2D eigenvalue weighted by atomic mass is 32.1. The van der Waals surface area contributed by atoms with Gasteiger partial charge in [0, 0.05) is 0 Å². The SMILES string of the molecule is CCC(C)(CC)c1ccc2sc(C)nc2c1. The van der Waals surface area contributed by atoms with E-state index in [1.165, 1.54) is 23.1 Å². The number of rotatable bonds is 3. The quantitative estimate of drug-likeness (QED) is 0.750. The highest BCUT2D eigenvalue weighted by Gasteiger charge is 2.22. The predicted octanol–water partition coefficient (Wildman–Crippen LogP) is 4.68. The third kappa shape index (κ3) is 1.86. The molecule has 0 aliphatic carbocycles. The summed E-state index contributed by atoms with van der Waals surface area (Å²) in [6.45, 7) is 8.94. The fraction of sp³-hybridized carbons (Fsp3) is 0.500. The van der Waals surface area contributed by atoms with Gasteiger partial charge in [-0.1, -0.05) is 26.8 Å². The average Bonchev–Trinajstić information content (AvgIpc) is 2.67. The molecule has 0 spiro atoms. The molecule has 2 heteroatoms. The van der Waals surface area contributed by atoms with Crippen LogP contribution in [0, 0.1) is 6.92 Å². The van der Waals surface area contributed by atoms with Crippen molar-refractivity contribution >= 4 is 21.6 Å². The Labute approximate surface area is 102 Å². The van der Waals surface area contributed by atoms with E-state index in [4.69, 9.17) is 0 Å². The molecule has 0 N–H and O–H groups in total. The van der Waals surface area contributed by atoms with Crippen LogP contribution >= 0.6 is 11.3 Å². The summed E-state index contributed by atoms with van der Waals surface area (Å²) in [6, 6.07) is 6.76. The molecule has 0 fully saturated rings. The molecule has 0 aliphatic rings. The number of hydrogen-bond acceptors (Lipinski definition) is 2. The van der Waals surface area contributed by atoms with E-state index in [-0.39, 0.29) is 0 Å². The largest absolute Gasteiger partial charge is 0.242 e. The lowest BCUT2D eigenvalue weighted by molar-refractivity contribution is 0.439. The minimum atomic E-state index is 0.297. The molecule has 86 valence electrons. The van der Waals surface area contributed by atoms with Crippen molar-refractivity contribution in [2.75, 3.05) is 0 Å². The standard InChI is InChI=1S/C14H19NS/c1-5-14(4,6-2)11-7-8-13-12(9-11)15-10(3)16-13/h7-9H,5-6H2,1-4H3. The summed E-state index contributed by atoms with van der Waals surface area (Å²) in [5.74, 6) is 0. The van der Waals surface area contributed by atoms with Crippen molar-refractivity contribution in [3.05, 3.63) is 28.8 Å². The van der Waals surface area contributed by atoms with Crippen LogP contribution in [0.5, 0.6) is 0 Å². The molecule has 1 heterocycles. The summed E-state index contributed by atoms with van der Waals surface area (Å²) >= 11 is 1.78. The fourth-order valence-electron chi connectivity index (χ4n) is 2.08. The highest BCUT2D eigenvalue weighted by Crippen LogP contribution is 2.33. The number of thiazole rings is 1. The Morgan fingerprint density at radius 2 is 1.94 bits per heavy atom. The van der Waals surface area contributed by atoms with Crippen molar-refractivity contribution in [1.29, 1.82) is 0 Å². The third-order valence-electron chi connectivity index (χ3n) is 3.75. The molecular formula is C14H19NS. The van der Waals surface area contributed by atoms with E-state index in [0.29, 0.717) is 5.41 Å². The van der Waals surface area contributed by atoms with Crippen molar-refractivity contribution < 1.29 is 0 Å². The smallest absolute Gasteiger partial charge is 0.0907 e. The second-order valence-corrected chi connectivity index (χ2v) is 5.92. The molecule has 0 unspecified atom stereocenters. The van der Waals surface area contributed by atoms with Crippen molar-refractivity contribution in [2.24, 2.45) is 0 Å². The van der Waals surface area contributed by atoms with Crippen LogP contribution < -0.4 is 0 Å². The normalized spacial score (nSPS) is 12.2. The van der Waals surface area contributed by atoms with Gasteiger partial charge in [-0.2, -0.15) is 0 Å². The molecule has 16 heavy (non-hydrogen) atoms. The number of aryl methyl sites for hydroxylation is 1. The summed E-state index contributed by atoms with van der Waals surface area (Å²) < 4.78 is 1.30. The lowest BCUT2D eigenvalue weighted by Gasteiger charge is -2.27. The summed E-state index contributed by atoms with van der Waals surface area (Å²) in [7, 11) is 0. The van der Waals surface area contributed by atoms with Crippen molar-refractivity contribution in [2.45, 2.75) is 46.0 Å². The predicted molar refractivity (Wildman–Crippen MR) is 72.3 cm³/mol. The lowest BCUT2D eigenvalue weighted by atomic mass is 9.78. The van der Waals surface area contributed by atoms with E-state index in [1.807, 2.05) is 0 Å². The summed E-state index contributed by atoms with van der Waals surface area (Å²) in [6.07, 6.45) is 2.36. The first-order chi connectivity index (χ1) is 7.59. The zero-order chi connectivity index (χ0) is 11.8. The molecule has 2 aromatic rings. The minimum absolute atomic E-state index is 0.297. The Morgan fingerprint density at radius 3 is 2.56 bits per heavy atom. The van der Waals surface area contributed by atoms with Gasteiger partial charge in [0.25, 0.3) is 0 Å². The Hall–Kier alpha value is -0.890. The van der Waals surface area contributed by atoms with E-state index in [0.717, 1.165) is 10.5 Å². The van der Waals surface area contributed by atoms with E-state index < -0.39 is 0 Å². The van der Waals surface area contributed by atoms with E-state index in [9.17, 15) is 0 Å². The molecule has 1 aromatic heterocycles. The van der Waals surface area contributed by atoms with Crippen LogP contribution in [0.25, 0.3) is 10.2 Å². The van der Waals surface area contributed by atoms with Gasteiger partial charge in [0.1, 0.15) is 0 Å². The van der Waals surface area contributed by atoms with Crippen LogP contribution in [0.2, 0.25) is 0 Å². The first kappa shape index (κ1) is 11.6. The maximum atomic E-state index is 4.57. The lowest BCUT2D eigenvalue weighted by Crippen LogP contribution is -2.19. The molecule has 1 nitrogen and oxygen atoms in total. The molecule has 0 bridgehead atoms. The monoisotopic (exact) mass is 233 g/mol. The first-order valence-corrected chi connectivity index (χ1v) is 6.78. The number of hydrogen-bond donors (Lipinski definition) is 0. The third-order valence-corrected chi connectivity index (χ3v) is 4.70. The van der Waals surface area contributed by atoms with Gasteiger partial charge in [0.2, 0.25) is 0 Å².